The Hall–Kier alpha value is -1.92. The number of aliphatic hydroxyl groups excluding tert-OH is 1. The number of non-ortho nitro benzene ring substituents is 1. The molecule has 0 saturated carbocycles. The minimum atomic E-state index is -0.534. The summed E-state index contributed by atoms with van der Waals surface area (Å²) < 4.78 is 0. The molecule has 2 rings (SSSR count). The lowest BCUT2D eigenvalue weighted by Gasteiger charge is -2.13. The van der Waals surface area contributed by atoms with Crippen LogP contribution in [0.2, 0.25) is 5.02 Å². The number of nitrogens with zero attached hydrogens (tertiary/aromatic N) is 1. The highest BCUT2D eigenvalue weighted by Gasteiger charge is 2.20. The number of carbonyl (C=O) groups is 1. The SMILES string of the molecule is O=C(Cc1ccc([N+](=O)[O-])cc1Cl)N[C@@H]1C=C[C@H](CO)C1. The second-order valence-corrected chi connectivity index (χ2v) is 5.35. The first-order valence-corrected chi connectivity index (χ1v) is 6.88. The largest absolute Gasteiger partial charge is 0.396 e. The van der Waals surface area contributed by atoms with Gasteiger partial charge >= 0.3 is 0 Å². The van der Waals surface area contributed by atoms with E-state index in [1.165, 1.54) is 18.2 Å². The molecule has 0 fully saturated rings. The van der Waals surface area contributed by atoms with Gasteiger partial charge in [-0.15, -0.1) is 0 Å². The zero-order valence-corrected chi connectivity index (χ0v) is 11.9. The van der Waals surface area contributed by atoms with Crippen LogP contribution in [0.25, 0.3) is 0 Å². The van der Waals surface area contributed by atoms with Crippen molar-refractivity contribution in [2.45, 2.75) is 18.9 Å². The van der Waals surface area contributed by atoms with Crippen LogP contribution in [0, 0.1) is 16.0 Å². The smallest absolute Gasteiger partial charge is 0.270 e. The van der Waals surface area contributed by atoms with Crippen LogP contribution in [0.4, 0.5) is 5.69 Å². The molecular formula is C14H15ClN2O4. The monoisotopic (exact) mass is 310 g/mol. The Balaban J connectivity index is 1.94. The van der Waals surface area contributed by atoms with Gasteiger partial charge in [-0.1, -0.05) is 29.8 Å². The molecule has 1 aliphatic carbocycles. The van der Waals surface area contributed by atoms with Crippen LogP contribution in [0.5, 0.6) is 0 Å². The van der Waals surface area contributed by atoms with Crippen LogP contribution in [0.1, 0.15) is 12.0 Å². The van der Waals surface area contributed by atoms with Gasteiger partial charge in [0.2, 0.25) is 5.91 Å². The highest BCUT2D eigenvalue weighted by molar-refractivity contribution is 6.31. The fourth-order valence-corrected chi connectivity index (χ4v) is 2.48. The number of aliphatic hydroxyl groups is 1. The number of carbonyl (C=O) groups excluding carboxylic acids is 1. The molecule has 1 aromatic carbocycles. The quantitative estimate of drug-likeness (QED) is 0.493. The zero-order chi connectivity index (χ0) is 15.4. The summed E-state index contributed by atoms with van der Waals surface area (Å²) in [5.74, 6) is -0.128. The van der Waals surface area contributed by atoms with Crippen molar-refractivity contribution in [1.82, 2.24) is 5.32 Å². The van der Waals surface area contributed by atoms with Crippen molar-refractivity contribution in [3.8, 4) is 0 Å². The van der Waals surface area contributed by atoms with Crippen LogP contribution >= 0.6 is 11.6 Å². The Morgan fingerprint density at radius 1 is 1.48 bits per heavy atom. The van der Waals surface area contributed by atoms with Crippen LogP contribution in [-0.4, -0.2) is 28.6 Å². The third-order valence-corrected chi connectivity index (χ3v) is 3.70. The van der Waals surface area contributed by atoms with Crippen molar-refractivity contribution in [2.75, 3.05) is 6.61 Å². The lowest BCUT2D eigenvalue weighted by atomic mass is 10.1. The van der Waals surface area contributed by atoms with Crippen LogP contribution in [0.3, 0.4) is 0 Å². The number of hydrogen-bond donors (Lipinski definition) is 2. The predicted molar refractivity (Wildman–Crippen MR) is 78.1 cm³/mol. The van der Waals surface area contributed by atoms with Gasteiger partial charge in [-0.3, -0.25) is 14.9 Å². The van der Waals surface area contributed by atoms with E-state index in [-0.39, 0.29) is 41.6 Å². The molecule has 0 aromatic heterocycles. The summed E-state index contributed by atoms with van der Waals surface area (Å²) >= 11 is 5.95. The Bertz CT molecular complexity index is 588. The normalized spacial score (nSPS) is 20.5. The van der Waals surface area contributed by atoms with Gasteiger partial charge in [0, 0.05) is 30.7 Å². The molecule has 112 valence electrons. The fourth-order valence-electron chi connectivity index (χ4n) is 2.24. The maximum atomic E-state index is 11.9. The van der Waals surface area contributed by atoms with Crippen molar-refractivity contribution < 1.29 is 14.8 Å². The van der Waals surface area contributed by atoms with E-state index in [9.17, 15) is 14.9 Å². The van der Waals surface area contributed by atoms with E-state index in [4.69, 9.17) is 16.7 Å². The average molecular weight is 311 g/mol. The number of nitro groups is 1. The molecule has 21 heavy (non-hydrogen) atoms. The van der Waals surface area contributed by atoms with Gasteiger partial charge in [0.15, 0.2) is 0 Å². The van der Waals surface area contributed by atoms with Gasteiger partial charge < -0.3 is 10.4 Å². The summed E-state index contributed by atoms with van der Waals surface area (Å²) in [5.41, 5.74) is 0.439. The molecule has 1 amide bonds. The Kier molecular flexibility index (Phi) is 4.93. The topological polar surface area (TPSA) is 92.5 Å². The first-order chi connectivity index (χ1) is 9.99. The molecule has 0 heterocycles. The summed E-state index contributed by atoms with van der Waals surface area (Å²) in [5, 5.41) is 22.7. The highest BCUT2D eigenvalue weighted by atomic mass is 35.5. The van der Waals surface area contributed by atoms with E-state index >= 15 is 0 Å². The van der Waals surface area contributed by atoms with Gasteiger partial charge in [-0.25, -0.2) is 0 Å². The predicted octanol–water partition coefficient (Wildman–Crippen LogP) is 1.84. The van der Waals surface area contributed by atoms with Gasteiger partial charge in [0.1, 0.15) is 0 Å². The second-order valence-electron chi connectivity index (χ2n) is 4.95. The van der Waals surface area contributed by atoms with Crippen molar-refractivity contribution >= 4 is 23.2 Å². The number of halogens is 1. The summed E-state index contributed by atoms with van der Waals surface area (Å²) in [6.45, 7) is 0.0665. The Morgan fingerprint density at radius 2 is 2.24 bits per heavy atom. The van der Waals surface area contributed by atoms with Crippen molar-refractivity contribution in [1.29, 1.82) is 0 Å². The first-order valence-electron chi connectivity index (χ1n) is 6.51. The molecule has 0 unspecified atom stereocenters. The molecule has 0 spiro atoms. The lowest BCUT2D eigenvalue weighted by Crippen LogP contribution is -2.34. The molecule has 0 radical (unpaired) electrons. The molecule has 1 aliphatic rings. The van der Waals surface area contributed by atoms with E-state index in [1.54, 1.807) is 0 Å². The average Bonchev–Trinajstić information content (AvgIpc) is 2.88. The third kappa shape index (κ3) is 4.03. The number of hydrogen-bond acceptors (Lipinski definition) is 4. The third-order valence-electron chi connectivity index (χ3n) is 3.35. The molecule has 1 aromatic rings. The minimum Gasteiger partial charge on any atom is -0.396 e. The maximum absolute atomic E-state index is 11.9. The molecule has 6 nitrogen and oxygen atoms in total. The molecule has 2 atom stereocenters. The van der Waals surface area contributed by atoms with E-state index in [1.807, 2.05) is 12.2 Å². The lowest BCUT2D eigenvalue weighted by molar-refractivity contribution is -0.384. The minimum absolute atomic E-state index is 0.0605. The molecule has 2 N–H and O–H groups in total. The summed E-state index contributed by atoms with van der Waals surface area (Å²) in [4.78, 5) is 22.0. The van der Waals surface area contributed by atoms with Crippen LogP contribution < -0.4 is 5.32 Å². The number of nitrogens with one attached hydrogen (secondary N) is 1. The second kappa shape index (κ2) is 6.69. The Labute approximate surface area is 126 Å². The number of benzene rings is 1. The Morgan fingerprint density at radius 3 is 2.81 bits per heavy atom. The summed E-state index contributed by atoms with van der Waals surface area (Å²) in [6.07, 6.45) is 4.47. The van der Waals surface area contributed by atoms with Crippen molar-refractivity contribution in [2.24, 2.45) is 5.92 Å². The highest BCUT2D eigenvalue weighted by Crippen LogP contribution is 2.23. The van der Waals surface area contributed by atoms with Crippen LogP contribution in [0.15, 0.2) is 30.4 Å². The fraction of sp³-hybridized carbons (Fsp3) is 0.357. The maximum Gasteiger partial charge on any atom is 0.270 e. The van der Waals surface area contributed by atoms with E-state index < -0.39 is 4.92 Å². The molecule has 0 bridgehead atoms. The number of nitro benzene ring substituents is 1. The van der Waals surface area contributed by atoms with Gasteiger partial charge in [-0.2, -0.15) is 0 Å². The summed E-state index contributed by atoms with van der Waals surface area (Å²) in [7, 11) is 0. The van der Waals surface area contributed by atoms with Crippen LogP contribution in [-0.2, 0) is 11.2 Å². The van der Waals surface area contributed by atoms with Crippen molar-refractivity contribution in [3.05, 3.63) is 51.1 Å². The number of rotatable bonds is 5. The number of amides is 1. The first kappa shape index (κ1) is 15.5. The van der Waals surface area contributed by atoms with Gasteiger partial charge in [0.05, 0.1) is 16.4 Å². The standard InChI is InChI=1S/C14H15ClN2O4/c15-13-7-12(17(20)21)4-2-10(13)6-14(19)16-11-3-1-9(5-11)8-18/h1-4,7,9,11,18H,5-6,8H2,(H,16,19)/t9-,11+/m0/s1. The molecular weight excluding hydrogens is 296 g/mol. The van der Waals surface area contributed by atoms with Gasteiger partial charge in [-0.05, 0) is 12.0 Å². The zero-order valence-electron chi connectivity index (χ0n) is 11.2. The van der Waals surface area contributed by atoms with E-state index in [2.05, 4.69) is 5.32 Å². The molecule has 0 aliphatic heterocycles. The summed E-state index contributed by atoms with van der Waals surface area (Å²) in [6, 6.07) is 3.96. The van der Waals surface area contributed by atoms with E-state index in [0.717, 1.165) is 0 Å². The molecule has 7 heteroatoms. The van der Waals surface area contributed by atoms with Gasteiger partial charge in [0.25, 0.3) is 5.69 Å². The van der Waals surface area contributed by atoms with E-state index in [0.29, 0.717) is 12.0 Å². The molecule has 0 saturated heterocycles. The van der Waals surface area contributed by atoms with Crippen molar-refractivity contribution in [3.63, 3.8) is 0 Å².